The topological polar surface area (TPSA) is 108 Å². The number of likely N-dealkylation sites (tertiary alicyclic amines) is 1. The van der Waals surface area contributed by atoms with E-state index in [1.807, 2.05) is 0 Å². The molecular formula is C27H26ClN5O5. The molecule has 4 aromatic rings. The van der Waals surface area contributed by atoms with Crippen molar-refractivity contribution in [2.75, 3.05) is 13.1 Å². The Kier molecular flexibility index (Phi) is 6.44. The number of hydrogen-bond acceptors (Lipinski definition) is 6. The quantitative estimate of drug-likeness (QED) is 0.370. The highest BCUT2D eigenvalue weighted by Crippen LogP contribution is 2.29. The van der Waals surface area contributed by atoms with Crippen molar-refractivity contribution in [1.82, 2.24) is 23.8 Å². The number of carbonyl (C=O) groups excluding carboxylic acids is 2. The average molecular weight is 536 g/mol. The van der Waals surface area contributed by atoms with Gasteiger partial charge in [0.15, 0.2) is 0 Å². The Morgan fingerprint density at radius 2 is 1.74 bits per heavy atom. The largest absolute Gasteiger partial charge is 0.416 e. The molecule has 2 aromatic carbocycles. The van der Waals surface area contributed by atoms with Gasteiger partial charge in [0, 0.05) is 37.8 Å². The second-order valence-corrected chi connectivity index (χ2v) is 9.81. The normalized spacial score (nSPS) is 13.3. The summed E-state index contributed by atoms with van der Waals surface area (Å²) in [6.45, 7) is 4.51. The number of amides is 1. The molecule has 5 rings (SSSR count). The summed E-state index contributed by atoms with van der Waals surface area (Å²) in [5.74, 6) is -0.400. The highest BCUT2D eigenvalue weighted by molar-refractivity contribution is 6.30. The van der Waals surface area contributed by atoms with Gasteiger partial charge in [-0.2, -0.15) is 5.10 Å². The van der Waals surface area contributed by atoms with E-state index in [1.54, 1.807) is 63.2 Å². The zero-order chi connectivity index (χ0) is 27.3. The Balaban J connectivity index is 1.66. The van der Waals surface area contributed by atoms with Gasteiger partial charge in [-0.05, 0) is 62.6 Å². The molecule has 0 N–H and O–H groups in total. The van der Waals surface area contributed by atoms with Crippen LogP contribution in [0.2, 0.25) is 5.02 Å². The summed E-state index contributed by atoms with van der Waals surface area (Å²) in [6, 6.07) is 9.58. The van der Waals surface area contributed by atoms with Crippen LogP contribution in [0.15, 0.2) is 46.0 Å². The lowest BCUT2D eigenvalue weighted by Gasteiger charge is -2.16. The van der Waals surface area contributed by atoms with Crippen LogP contribution in [0.5, 0.6) is 5.88 Å². The first-order valence-electron chi connectivity index (χ1n) is 12.2. The molecule has 2 aromatic heterocycles. The maximum atomic E-state index is 13.9. The van der Waals surface area contributed by atoms with E-state index >= 15 is 0 Å². The lowest BCUT2D eigenvalue weighted by molar-refractivity contribution is 0.103. The monoisotopic (exact) mass is 535 g/mol. The maximum absolute atomic E-state index is 13.9. The van der Waals surface area contributed by atoms with Crippen molar-refractivity contribution in [3.8, 4) is 11.6 Å². The number of fused-ring (bicyclic) bond motifs is 1. The number of rotatable bonds is 4. The summed E-state index contributed by atoms with van der Waals surface area (Å²) in [5.41, 5.74) is 0.754. The van der Waals surface area contributed by atoms with Crippen LogP contribution in [-0.4, -0.2) is 48.8 Å². The summed E-state index contributed by atoms with van der Waals surface area (Å²) in [6.07, 6.45) is 1.27. The maximum Gasteiger partial charge on any atom is 0.416 e. The Morgan fingerprint density at radius 3 is 2.42 bits per heavy atom. The highest BCUT2D eigenvalue weighted by Gasteiger charge is 2.29. The third-order valence-corrected chi connectivity index (χ3v) is 7.19. The molecule has 0 atom stereocenters. The number of halogens is 1. The average Bonchev–Trinajstić information content (AvgIpc) is 3.50. The van der Waals surface area contributed by atoms with E-state index in [2.05, 4.69) is 5.10 Å². The Hall–Kier alpha value is -4.18. The molecule has 3 heterocycles. The van der Waals surface area contributed by atoms with Crippen LogP contribution in [0, 0.1) is 13.8 Å². The van der Waals surface area contributed by atoms with E-state index in [-0.39, 0.29) is 22.4 Å². The number of nitrogens with zero attached hydrogens (tertiary/aromatic N) is 5. The molecule has 0 radical (unpaired) electrons. The zero-order valence-electron chi connectivity index (χ0n) is 21.4. The van der Waals surface area contributed by atoms with Crippen molar-refractivity contribution in [3.05, 3.63) is 84.6 Å². The summed E-state index contributed by atoms with van der Waals surface area (Å²) < 4.78 is 9.40. The van der Waals surface area contributed by atoms with Gasteiger partial charge in [-0.25, -0.2) is 18.8 Å². The van der Waals surface area contributed by atoms with Crippen molar-refractivity contribution in [2.24, 2.45) is 14.1 Å². The minimum atomic E-state index is -0.568. The summed E-state index contributed by atoms with van der Waals surface area (Å²) in [4.78, 5) is 55.0. The van der Waals surface area contributed by atoms with Crippen LogP contribution in [-0.2, 0) is 14.1 Å². The molecule has 1 aliphatic heterocycles. The van der Waals surface area contributed by atoms with Gasteiger partial charge in [0.25, 0.3) is 5.56 Å². The zero-order valence-corrected chi connectivity index (χ0v) is 22.2. The number of hydrogen-bond donors (Lipinski definition) is 0. The number of aryl methyl sites for hydroxylation is 4. The van der Waals surface area contributed by atoms with E-state index in [1.165, 1.54) is 15.3 Å². The number of benzene rings is 2. The standard InChI is InChI=1S/C27H26ClN5O5/c1-15-19(23(34)22-16(2)29-31(4)25(22)38-27(37)32-12-5-6-13-32)10-11-20-21(15)24(35)33(26(36)30(20)3)18-9-7-8-17(28)14-18/h7-11,14H,5-6,12-13H2,1-4H3. The Morgan fingerprint density at radius 1 is 1.03 bits per heavy atom. The molecule has 1 amide bonds. The van der Waals surface area contributed by atoms with Gasteiger partial charge >= 0.3 is 11.8 Å². The molecule has 1 fully saturated rings. The van der Waals surface area contributed by atoms with Crippen LogP contribution in [0.4, 0.5) is 4.79 Å². The molecule has 0 unspecified atom stereocenters. The third kappa shape index (κ3) is 4.10. The Labute approximate surface area is 222 Å². The van der Waals surface area contributed by atoms with Gasteiger partial charge in [-0.15, -0.1) is 0 Å². The molecule has 0 bridgehead atoms. The van der Waals surface area contributed by atoms with E-state index in [0.29, 0.717) is 40.6 Å². The molecule has 11 heteroatoms. The van der Waals surface area contributed by atoms with Gasteiger partial charge in [0.1, 0.15) is 5.56 Å². The van der Waals surface area contributed by atoms with E-state index in [9.17, 15) is 19.2 Å². The minimum Gasteiger partial charge on any atom is -0.391 e. The molecule has 10 nitrogen and oxygen atoms in total. The number of ketones is 1. The van der Waals surface area contributed by atoms with E-state index in [0.717, 1.165) is 17.4 Å². The van der Waals surface area contributed by atoms with Crippen molar-refractivity contribution in [1.29, 1.82) is 0 Å². The summed E-state index contributed by atoms with van der Waals surface area (Å²) in [7, 11) is 3.16. The van der Waals surface area contributed by atoms with Gasteiger partial charge in [-0.1, -0.05) is 17.7 Å². The third-order valence-electron chi connectivity index (χ3n) is 6.96. The SMILES string of the molecule is Cc1nn(C)c(OC(=O)N2CCCC2)c1C(=O)c1ccc2c(c1C)c(=O)n(-c1cccc(Cl)c1)c(=O)n2C. The molecule has 0 saturated carbocycles. The number of carbonyl (C=O) groups is 2. The van der Waals surface area contributed by atoms with Crippen LogP contribution >= 0.6 is 11.6 Å². The lowest BCUT2D eigenvalue weighted by atomic mass is 9.96. The second-order valence-electron chi connectivity index (χ2n) is 9.37. The minimum absolute atomic E-state index is 0.0423. The molecule has 0 spiro atoms. The number of aromatic nitrogens is 4. The van der Waals surface area contributed by atoms with Crippen molar-refractivity contribution < 1.29 is 14.3 Å². The van der Waals surface area contributed by atoms with E-state index in [4.69, 9.17) is 16.3 Å². The van der Waals surface area contributed by atoms with Gasteiger partial charge in [0.05, 0.1) is 22.3 Å². The molecule has 38 heavy (non-hydrogen) atoms. The fourth-order valence-electron chi connectivity index (χ4n) is 4.98. The molecule has 196 valence electrons. The van der Waals surface area contributed by atoms with Crippen molar-refractivity contribution in [3.63, 3.8) is 0 Å². The molecule has 0 aliphatic carbocycles. The second kappa shape index (κ2) is 9.60. The van der Waals surface area contributed by atoms with Gasteiger partial charge < -0.3 is 9.64 Å². The van der Waals surface area contributed by atoms with Crippen molar-refractivity contribution >= 4 is 34.4 Å². The first kappa shape index (κ1) is 25.5. The molecule has 1 saturated heterocycles. The first-order chi connectivity index (χ1) is 18.1. The fraction of sp³-hybridized carbons (Fsp3) is 0.296. The van der Waals surface area contributed by atoms with Crippen LogP contribution in [0.1, 0.15) is 40.0 Å². The van der Waals surface area contributed by atoms with E-state index < -0.39 is 23.1 Å². The lowest BCUT2D eigenvalue weighted by Crippen LogP contribution is -2.38. The summed E-state index contributed by atoms with van der Waals surface area (Å²) >= 11 is 6.12. The Bertz CT molecular complexity index is 1740. The smallest absolute Gasteiger partial charge is 0.391 e. The first-order valence-corrected chi connectivity index (χ1v) is 12.5. The highest BCUT2D eigenvalue weighted by atomic mass is 35.5. The summed E-state index contributed by atoms with van der Waals surface area (Å²) in [5, 5.41) is 4.90. The van der Waals surface area contributed by atoms with Gasteiger partial charge in [0.2, 0.25) is 11.7 Å². The fourth-order valence-corrected chi connectivity index (χ4v) is 5.17. The predicted octanol–water partition coefficient (Wildman–Crippen LogP) is 3.52. The van der Waals surface area contributed by atoms with Gasteiger partial charge in [-0.3, -0.25) is 14.2 Å². The van der Waals surface area contributed by atoms with Crippen LogP contribution in [0.3, 0.4) is 0 Å². The van der Waals surface area contributed by atoms with Crippen LogP contribution in [0.25, 0.3) is 16.6 Å². The molecule has 1 aliphatic rings. The number of ether oxygens (including phenoxy) is 1. The van der Waals surface area contributed by atoms with Crippen molar-refractivity contribution in [2.45, 2.75) is 26.7 Å². The predicted molar refractivity (Wildman–Crippen MR) is 143 cm³/mol. The molecular weight excluding hydrogens is 510 g/mol. The van der Waals surface area contributed by atoms with Crippen LogP contribution < -0.4 is 16.0 Å².